The van der Waals surface area contributed by atoms with E-state index < -0.39 is 36.0 Å². The quantitative estimate of drug-likeness (QED) is 0.342. The average Bonchev–Trinajstić information content (AvgIpc) is 2.94. The third kappa shape index (κ3) is 4.71. The highest BCUT2D eigenvalue weighted by Crippen LogP contribution is 2.39. The molecule has 0 atom stereocenters. The minimum atomic E-state index is -4.62. The predicted octanol–water partition coefficient (Wildman–Crippen LogP) is 4.10. The first-order valence-corrected chi connectivity index (χ1v) is 11.7. The lowest BCUT2D eigenvalue weighted by Crippen LogP contribution is -2.03. The Labute approximate surface area is 186 Å². The maximum absolute atomic E-state index is 11.3. The van der Waals surface area contributed by atoms with Crippen LogP contribution in [0.3, 0.4) is 0 Å². The zero-order valence-corrected chi connectivity index (χ0v) is 18.4. The summed E-state index contributed by atoms with van der Waals surface area (Å²) in [6, 6.07) is 6.99. The van der Waals surface area contributed by atoms with Gasteiger partial charge in [-0.05, 0) is 43.3 Å². The molecule has 3 aromatic rings. The van der Waals surface area contributed by atoms with Gasteiger partial charge in [0.2, 0.25) is 5.88 Å². The molecule has 0 radical (unpaired) electrons. The van der Waals surface area contributed by atoms with E-state index in [4.69, 9.17) is 27.8 Å². The molecule has 2 aromatic carbocycles. The zero-order chi connectivity index (χ0) is 23.1. The Bertz CT molecular complexity index is 1420. The Morgan fingerprint density at radius 3 is 2.06 bits per heavy atom. The zero-order valence-electron chi connectivity index (χ0n) is 15.3. The van der Waals surface area contributed by atoms with Crippen molar-refractivity contribution in [3.8, 4) is 11.6 Å². The molecule has 31 heavy (non-hydrogen) atoms. The molecule has 0 bridgehead atoms. The molecule has 0 amide bonds. The molecule has 11 nitrogen and oxygen atoms in total. The molecule has 0 unspecified atom stereocenters. The van der Waals surface area contributed by atoms with E-state index in [1.807, 2.05) is 0 Å². The molecule has 0 fully saturated rings. The first-order valence-electron chi connectivity index (χ1n) is 8.04. The van der Waals surface area contributed by atoms with E-state index in [0.29, 0.717) is 0 Å². The van der Waals surface area contributed by atoms with Gasteiger partial charge < -0.3 is 5.11 Å². The van der Waals surface area contributed by atoms with Gasteiger partial charge in [0.25, 0.3) is 20.2 Å². The number of aromatic nitrogens is 2. The van der Waals surface area contributed by atoms with Crippen LogP contribution < -0.4 is 0 Å². The van der Waals surface area contributed by atoms with E-state index in [2.05, 4.69) is 15.3 Å². The van der Waals surface area contributed by atoms with Gasteiger partial charge in [-0.2, -0.15) is 31.7 Å². The van der Waals surface area contributed by atoms with Crippen LogP contribution in [0.2, 0.25) is 10.0 Å². The number of hydrogen-bond donors (Lipinski definition) is 3. The SMILES string of the molecule is Cc1nn(-c2ccc(S(=O)(=O)O)c(Cl)c2Cl)c(O)c1N=Nc1ccc(S(=O)(=O)O)cc1. The minimum absolute atomic E-state index is 0.0126. The maximum atomic E-state index is 11.3. The van der Waals surface area contributed by atoms with Crippen LogP contribution in [0.25, 0.3) is 5.69 Å². The van der Waals surface area contributed by atoms with E-state index in [1.54, 1.807) is 0 Å². The van der Waals surface area contributed by atoms with Gasteiger partial charge in [-0.3, -0.25) is 9.11 Å². The van der Waals surface area contributed by atoms with E-state index in [-0.39, 0.29) is 32.7 Å². The number of azo groups is 1. The molecule has 164 valence electrons. The van der Waals surface area contributed by atoms with Gasteiger partial charge in [0.05, 0.1) is 32.0 Å². The predicted molar refractivity (Wildman–Crippen MR) is 110 cm³/mol. The second-order valence-corrected chi connectivity index (χ2v) is 9.59. The summed E-state index contributed by atoms with van der Waals surface area (Å²) in [6.07, 6.45) is 0. The fourth-order valence-corrected chi connectivity index (χ4v) is 4.27. The molecule has 3 rings (SSSR count). The lowest BCUT2D eigenvalue weighted by molar-refractivity contribution is 0.434. The summed E-state index contributed by atoms with van der Waals surface area (Å²) < 4.78 is 63.9. The van der Waals surface area contributed by atoms with Gasteiger partial charge in [0.15, 0.2) is 5.69 Å². The summed E-state index contributed by atoms with van der Waals surface area (Å²) in [5.41, 5.74) is 0.405. The number of benzene rings is 2. The summed E-state index contributed by atoms with van der Waals surface area (Å²) in [5, 5.41) is 21.6. The standard InChI is InChI=1S/C16H12Cl2N4O7S2/c1-8-15(20-19-9-2-4-10(5-3-9)30(24,25)26)16(23)22(21-8)11-6-7-12(31(27,28)29)14(18)13(11)17/h2-7,23H,1H3,(H,24,25,26)(H,27,28,29). The molecular formula is C16H12Cl2N4O7S2. The van der Waals surface area contributed by atoms with Gasteiger partial charge in [-0.15, -0.1) is 5.11 Å². The molecule has 0 aliphatic heterocycles. The van der Waals surface area contributed by atoms with Gasteiger partial charge in [-0.25, -0.2) is 0 Å². The molecule has 0 saturated carbocycles. The van der Waals surface area contributed by atoms with Crippen molar-refractivity contribution >= 4 is 54.8 Å². The number of nitrogens with zero attached hydrogens (tertiary/aromatic N) is 4. The Morgan fingerprint density at radius 2 is 1.52 bits per heavy atom. The van der Waals surface area contributed by atoms with E-state index in [9.17, 15) is 26.5 Å². The molecule has 15 heteroatoms. The Morgan fingerprint density at radius 1 is 0.903 bits per heavy atom. The van der Waals surface area contributed by atoms with E-state index in [1.165, 1.54) is 25.1 Å². The van der Waals surface area contributed by atoms with Crippen molar-refractivity contribution in [1.29, 1.82) is 0 Å². The number of aromatic hydroxyl groups is 1. The number of hydrogen-bond acceptors (Lipinski definition) is 8. The highest BCUT2D eigenvalue weighted by atomic mass is 35.5. The molecule has 0 aliphatic rings. The third-order valence-corrected chi connectivity index (χ3v) is 6.69. The normalized spacial score (nSPS) is 12.5. The van der Waals surface area contributed by atoms with Crippen LogP contribution in [0.4, 0.5) is 11.4 Å². The van der Waals surface area contributed by atoms with Gasteiger partial charge >= 0.3 is 0 Å². The van der Waals surface area contributed by atoms with Crippen molar-refractivity contribution in [1.82, 2.24) is 9.78 Å². The fraction of sp³-hybridized carbons (Fsp3) is 0.0625. The van der Waals surface area contributed by atoms with Gasteiger partial charge in [-0.1, -0.05) is 23.2 Å². The number of aryl methyl sites for hydroxylation is 1. The van der Waals surface area contributed by atoms with Gasteiger partial charge in [0, 0.05) is 0 Å². The summed E-state index contributed by atoms with van der Waals surface area (Å²) in [5.74, 6) is -0.492. The molecule has 1 aromatic heterocycles. The van der Waals surface area contributed by atoms with Crippen molar-refractivity contribution in [2.75, 3.05) is 0 Å². The van der Waals surface area contributed by atoms with Crippen LogP contribution in [-0.2, 0) is 20.2 Å². The highest BCUT2D eigenvalue weighted by molar-refractivity contribution is 7.86. The van der Waals surface area contributed by atoms with Crippen LogP contribution in [0.5, 0.6) is 5.88 Å². The molecule has 0 aliphatic carbocycles. The van der Waals surface area contributed by atoms with Crippen LogP contribution in [-0.4, -0.2) is 40.8 Å². The minimum Gasteiger partial charge on any atom is -0.492 e. The van der Waals surface area contributed by atoms with Crippen LogP contribution in [0.15, 0.2) is 56.4 Å². The van der Waals surface area contributed by atoms with Crippen molar-refractivity contribution in [3.05, 3.63) is 52.1 Å². The first kappa shape index (κ1) is 23.1. The number of halogens is 2. The molecule has 0 saturated heterocycles. The van der Waals surface area contributed by atoms with Crippen molar-refractivity contribution in [2.24, 2.45) is 10.2 Å². The van der Waals surface area contributed by atoms with Crippen LogP contribution in [0.1, 0.15) is 5.69 Å². The summed E-state index contributed by atoms with van der Waals surface area (Å²) in [4.78, 5) is -0.933. The van der Waals surface area contributed by atoms with Gasteiger partial charge in [0.1, 0.15) is 4.90 Å². The fourth-order valence-electron chi connectivity index (χ4n) is 2.47. The molecule has 3 N–H and O–H groups in total. The molecule has 0 spiro atoms. The van der Waals surface area contributed by atoms with Crippen LogP contribution >= 0.6 is 23.2 Å². The average molecular weight is 507 g/mol. The van der Waals surface area contributed by atoms with E-state index >= 15 is 0 Å². The van der Waals surface area contributed by atoms with Crippen LogP contribution in [0, 0.1) is 6.92 Å². The first-order chi connectivity index (χ1) is 14.3. The van der Waals surface area contributed by atoms with Crippen molar-refractivity contribution in [2.45, 2.75) is 16.7 Å². The summed E-state index contributed by atoms with van der Waals surface area (Å²) >= 11 is 12.0. The molecular weight excluding hydrogens is 495 g/mol. The Hall–Kier alpha value is -2.55. The highest BCUT2D eigenvalue weighted by Gasteiger charge is 2.23. The van der Waals surface area contributed by atoms with Crippen molar-refractivity contribution in [3.63, 3.8) is 0 Å². The Kier molecular flexibility index (Phi) is 6.10. The summed E-state index contributed by atoms with van der Waals surface area (Å²) in [6.45, 7) is 1.51. The van der Waals surface area contributed by atoms with Crippen molar-refractivity contribution < 1.29 is 31.0 Å². The Balaban J connectivity index is 2.00. The number of rotatable bonds is 5. The smallest absolute Gasteiger partial charge is 0.296 e. The lowest BCUT2D eigenvalue weighted by atomic mass is 10.3. The largest absolute Gasteiger partial charge is 0.492 e. The monoisotopic (exact) mass is 506 g/mol. The lowest BCUT2D eigenvalue weighted by Gasteiger charge is -2.09. The molecule has 1 heterocycles. The second kappa shape index (κ2) is 8.18. The second-order valence-electron chi connectivity index (χ2n) is 6.02. The maximum Gasteiger partial charge on any atom is 0.296 e. The third-order valence-electron chi connectivity index (χ3n) is 3.94. The topological polar surface area (TPSA) is 172 Å². The summed E-state index contributed by atoms with van der Waals surface area (Å²) in [7, 11) is -8.96. The van der Waals surface area contributed by atoms with E-state index in [0.717, 1.165) is 22.9 Å².